The molecule has 21 heavy (non-hydrogen) atoms. The molecule has 116 valence electrons. The molecule has 1 aromatic rings. The van der Waals surface area contributed by atoms with Crippen molar-refractivity contribution in [2.75, 3.05) is 18.0 Å². The summed E-state index contributed by atoms with van der Waals surface area (Å²) in [5, 5.41) is 16.3. The van der Waals surface area contributed by atoms with Crippen LogP contribution >= 0.6 is 0 Å². The van der Waals surface area contributed by atoms with Crippen LogP contribution in [0.2, 0.25) is 0 Å². The van der Waals surface area contributed by atoms with Crippen LogP contribution in [0.15, 0.2) is 23.1 Å². The second kappa shape index (κ2) is 5.58. The Bertz CT molecular complexity index is 661. The molecule has 0 aliphatic carbocycles. The second-order valence-corrected chi connectivity index (χ2v) is 6.85. The quantitative estimate of drug-likeness (QED) is 0.611. The highest BCUT2D eigenvalue weighted by atomic mass is 32.2. The lowest BCUT2D eigenvalue weighted by Gasteiger charge is -2.23. The molecule has 8 nitrogen and oxygen atoms in total. The Morgan fingerprint density at radius 1 is 1.48 bits per heavy atom. The van der Waals surface area contributed by atoms with Gasteiger partial charge < -0.3 is 10.6 Å². The first-order chi connectivity index (χ1) is 9.74. The number of anilines is 1. The fraction of sp³-hybridized carbons (Fsp3) is 0.500. The first-order valence-electron chi connectivity index (χ1n) is 6.52. The lowest BCUT2D eigenvalue weighted by atomic mass is 10.1. The molecular formula is C12H18N4O4S. The minimum Gasteiger partial charge on any atom is -0.363 e. The SMILES string of the molecule is CC1CC(CN)CN1c1ccc(S(N)(=O)=O)cc1[N+](=O)[O-]. The van der Waals surface area contributed by atoms with E-state index in [1.54, 1.807) is 0 Å². The highest BCUT2D eigenvalue weighted by molar-refractivity contribution is 7.89. The van der Waals surface area contributed by atoms with Crippen LogP contribution in [-0.4, -0.2) is 32.5 Å². The number of sulfonamides is 1. The first kappa shape index (κ1) is 15.7. The molecule has 1 fully saturated rings. The van der Waals surface area contributed by atoms with Crippen molar-refractivity contribution in [1.82, 2.24) is 0 Å². The maximum absolute atomic E-state index is 11.3. The molecule has 9 heteroatoms. The largest absolute Gasteiger partial charge is 0.363 e. The van der Waals surface area contributed by atoms with Gasteiger partial charge in [-0.2, -0.15) is 0 Å². The summed E-state index contributed by atoms with van der Waals surface area (Å²) in [5.41, 5.74) is 5.80. The van der Waals surface area contributed by atoms with E-state index in [9.17, 15) is 18.5 Å². The van der Waals surface area contributed by atoms with Crippen molar-refractivity contribution in [3.8, 4) is 0 Å². The number of benzene rings is 1. The summed E-state index contributed by atoms with van der Waals surface area (Å²) in [6.45, 7) is 3.10. The van der Waals surface area contributed by atoms with E-state index in [0.717, 1.165) is 12.5 Å². The summed E-state index contributed by atoms with van der Waals surface area (Å²) in [7, 11) is -3.97. The van der Waals surface area contributed by atoms with E-state index in [1.165, 1.54) is 12.1 Å². The predicted molar refractivity (Wildman–Crippen MR) is 78.4 cm³/mol. The van der Waals surface area contributed by atoms with E-state index < -0.39 is 14.9 Å². The molecule has 0 radical (unpaired) electrons. The minimum atomic E-state index is -3.97. The fourth-order valence-electron chi connectivity index (χ4n) is 2.72. The van der Waals surface area contributed by atoms with Gasteiger partial charge in [0.2, 0.25) is 10.0 Å². The molecule has 1 aromatic carbocycles. The average molecular weight is 314 g/mol. The van der Waals surface area contributed by atoms with Crippen LogP contribution in [0.1, 0.15) is 13.3 Å². The Balaban J connectivity index is 2.47. The van der Waals surface area contributed by atoms with E-state index in [0.29, 0.717) is 18.8 Å². The number of nitrogens with two attached hydrogens (primary N) is 2. The Morgan fingerprint density at radius 2 is 2.14 bits per heavy atom. The van der Waals surface area contributed by atoms with Crippen LogP contribution in [0.4, 0.5) is 11.4 Å². The maximum Gasteiger partial charge on any atom is 0.293 e. The van der Waals surface area contributed by atoms with Crippen LogP contribution in [0, 0.1) is 16.0 Å². The number of primary sulfonamides is 1. The van der Waals surface area contributed by atoms with Gasteiger partial charge in [0.25, 0.3) is 5.69 Å². The average Bonchev–Trinajstić information content (AvgIpc) is 2.78. The van der Waals surface area contributed by atoms with E-state index in [1.807, 2.05) is 11.8 Å². The van der Waals surface area contributed by atoms with Crippen LogP contribution < -0.4 is 15.8 Å². The molecule has 2 rings (SSSR count). The molecule has 0 saturated carbocycles. The monoisotopic (exact) mass is 314 g/mol. The number of hydrogen-bond acceptors (Lipinski definition) is 6. The zero-order valence-electron chi connectivity index (χ0n) is 11.6. The van der Waals surface area contributed by atoms with Gasteiger partial charge in [0.15, 0.2) is 0 Å². The van der Waals surface area contributed by atoms with E-state index >= 15 is 0 Å². The third-order valence-corrected chi connectivity index (χ3v) is 4.69. The third-order valence-electron chi connectivity index (χ3n) is 3.78. The standard InChI is InChI=1S/C12H18N4O4S/c1-8-4-9(6-13)7-15(8)11-3-2-10(21(14,19)20)5-12(11)16(17)18/h2-3,5,8-9H,4,6-7,13H2,1H3,(H2,14,19,20). The lowest BCUT2D eigenvalue weighted by molar-refractivity contribution is -0.384. The van der Waals surface area contributed by atoms with Crippen molar-refractivity contribution < 1.29 is 13.3 Å². The first-order valence-corrected chi connectivity index (χ1v) is 8.06. The molecule has 2 unspecified atom stereocenters. The molecule has 0 bridgehead atoms. The maximum atomic E-state index is 11.3. The van der Waals surface area contributed by atoms with Gasteiger partial charge >= 0.3 is 0 Å². The van der Waals surface area contributed by atoms with Gasteiger partial charge in [-0.3, -0.25) is 10.1 Å². The van der Waals surface area contributed by atoms with Gasteiger partial charge in [-0.25, -0.2) is 13.6 Å². The predicted octanol–water partition coefficient (Wildman–Crippen LogP) is 0.416. The Kier molecular flexibility index (Phi) is 4.17. The Labute approximate surface area is 122 Å². The van der Waals surface area contributed by atoms with Gasteiger partial charge in [0, 0.05) is 18.7 Å². The summed E-state index contributed by atoms with van der Waals surface area (Å²) in [6, 6.07) is 3.85. The highest BCUT2D eigenvalue weighted by Crippen LogP contribution is 2.36. The van der Waals surface area contributed by atoms with Gasteiger partial charge in [0.1, 0.15) is 5.69 Å². The van der Waals surface area contributed by atoms with E-state index in [-0.39, 0.29) is 22.5 Å². The summed E-state index contributed by atoms with van der Waals surface area (Å²) in [4.78, 5) is 12.3. The Hall–Kier alpha value is -1.71. The fourth-order valence-corrected chi connectivity index (χ4v) is 3.25. The number of nitrogens with zero attached hydrogens (tertiary/aromatic N) is 2. The van der Waals surface area contributed by atoms with Crippen molar-refractivity contribution in [3.05, 3.63) is 28.3 Å². The molecule has 2 atom stereocenters. The summed E-state index contributed by atoms with van der Waals surface area (Å²) < 4.78 is 22.7. The van der Waals surface area contributed by atoms with Gasteiger partial charge in [-0.1, -0.05) is 0 Å². The number of nitro groups is 1. The molecule has 1 saturated heterocycles. The van der Waals surface area contributed by atoms with Crippen molar-refractivity contribution in [2.45, 2.75) is 24.3 Å². The normalized spacial score (nSPS) is 22.5. The van der Waals surface area contributed by atoms with Crippen molar-refractivity contribution in [1.29, 1.82) is 0 Å². The molecule has 1 heterocycles. The van der Waals surface area contributed by atoms with Gasteiger partial charge in [0.05, 0.1) is 9.82 Å². The molecule has 0 amide bonds. The van der Waals surface area contributed by atoms with Crippen molar-refractivity contribution in [2.24, 2.45) is 16.8 Å². The van der Waals surface area contributed by atoms with Crippen LogP contribution in [0.5, 0.6) is 0 Å². The van der Waals surface area contributed by atoms with Gasteiger partial charge in [-0.15, -0.1) is 0 Å². The molecule has 0 aromatic heterocycles. The number of hydrogen-bond donors (Lipinski definition) is 2. The summed E-state index contributed by atoms with van der Waals surface area (Å²) >= 11 is 0. The minimum absolute atomic E-state index is 0.109. The third kappa shape index (κ3) is 3.14. The molecule has 0 spiro atoms. The number of rotatable bonds is 4. The smallest absolute Gasteiger partial charge is 0.293 e. The van der Waals surface area contributed by atoms with Crippen molar-refractivity contribution >= 4 is 21.4 Å². The van der Waals surface area contributed by atoms with E-state index in [2.05, 4.69) is 0 Å². The van der Waals surface area contributed by atoms with Crippen LogP contribution in [0.25, 0.3) is 0 Å². The lowest BCUT2D eigenvalue weighted by Crippen LogP contribution is -2.28. The van der Waals surface area contributed by atoms with Crippen LogP contribution in [-0.2, 0) is 10.0 Å². The second-order valence-electron chi connectivity index (χ2n) is 5.29. The van der Waals surface area contributed by atoms with Crippen LogP contribution in [0.3, 0.4) is 0 Å². The Morgan fingerprint density at radius 3 is 2.62 bits per heavy atom. The zero-order valence-corrected chi connectivity index (χ0v) is 12.4. The van der Waals surface area contributed by atoms with Gasteiger partial charge in [-0.05, 0) is 37.9 Å². The summed E-state index contributed by atoms with van der Waals surface area (Å²) in [5.74, 6) is 0.275. The molecule has 1 aliphatic heterocycles. The summed E-state index contributed by atoms with van der Waals surface area (Å²) in [6.07, 6.45) is 0.852. The molecule has 1 aliphatic rings. The van der Waals surface area contributed by atoms with E-state index in [4.69, 9.17) is 10.9 Å². The number of nitro benzene ring substituents is 1. The van der Waals surface area contributed by atoms with Crippen molar-refractivity contribution in [3.63, 3.8) is 0 Å². The highest BCUT2D eigenvalue weighted by Gasteiger charge is 2.32. The molecular weight excluding hydrogens is 296 g/mol. The zero-order chi connectivity index (χ0) is 15.8. The molecule has 4 N–H and O–H groups in total. The topological polar surface area (TPSA) is 133 Å².